The number of hydrogen-bond donors (Lipinski definition) is 1. The van der Waals surface area contributed by atoms with Crippen molar-refractivity contribution in [3.8, 4) is 0 Å². The van der Waals surface area contributed by atoms with Crippen molar-refractivity contribution < 1.29 is 22.7 Å². The SMILES string of the molecule is COCCNS(=O)(=O)C(C)C(=O)OC. The average Bonchev–Trinajstić information content (AvgIpc) is 2.15. The highest BCUT2D eigenvalue weighted by Gasteiger charge is 2.27. The second-order valence-electron chi connectivity index (χ2n) is 2.60. The van der Waals surface area contributed by atoms with Gasteiger partial charge in [0.05, 0.1) is 13.7 Å². The van der Waals surface area contributed by atoms with E-state index in [2.05, 4.69) is 14.2 Å². The van der Waals surface area contributed by atoms with Gasteiger partial charge in [-0.1, -0.05) is 0 Å². The lowest BCUT2D eigenvalue weighted by molar-refractivity contribution is -0.139. The Balaban J connectivity index is 4.24. The number of methoxy groups -OCH3 is 2. The van der Waals surface area contributed by atoms with E-state index in [1.165, 1.54) is 14.0 Å². The van der Waals surface area contributed by atoms with E-state index in [4.69, 9.17) is 0 Å². The molecule has 1 unspecified atom stereocenters. The number of carbonyl (C=O) groups excluding carboxylic acids is 1. The lowest BCUT2D eigenvalue weighted by Gasteiger charge is -2.11. The van der Waals surface area contributed by atoms with Crippen LogP contribution in [-0.2, 0) is 24.3 Å². The molecule has 0 aromatic rings. The second-order valence-corrected chi connectivity index (χ2v) is 4.68. The highest BCUT2D eigenvalue weighted by Crippen LogP contribution is 1.99. The van der Waals surface area contributed by atoms with E-state index in [1.54, 1.807) is 0 Å². The Morgan fingerprint density at radius 3 is 2.43 bits per heavy atom. The van der Waals surface area contributed by atoms with Crippen LogP contribution in [0.2, 0.25) is 0 Å². The monoisotopic (exact) mass is 225 g/mol. The molecular weight excluding hydrogens is 210 g/mol. The van der Waals surface area contributed by atoms with E-state index in [9.17, 15) is 13.2 Å². The smallest absolute Gasteiger partial charge is 0.325 e. The largest absolute Gasteiger partial charge is 0.468 e. The third kappa shape index (κ3) is 4.03. The fourth-order valence-electron chi connectivity index (χ4n) is 0.704. The summed E-state index contributed by atoms with van der Waals surface area (Å²) in [5.41, 5.74) is 0. The highest BCUT2D eigenvalue weighted by atomic mass is 32.2. The summed E-state index contributed by atoms with van der Waals surface area (Å²) in [4.78, 5) is 10.9. The molecule has 0 rings (SSSR count). The molecule has 0 saturated heterocycles. The van der Waals surface area contributed by atoms with Crippen LogP contribution in [0.5, 0.6) is 0 Å². The number of esters is 1. The molecule has 14 heavy (non-hydrogen) atoms. The average molecular weight is 225 g/mol. The summed E-state index contributed by atoms with van der Waals surface area (Å²) in [6, 6.07) is 0. The van der Waals surface area contributed by atoms with Crippen molar-refractivity contribution in [2.24, 2.45) is 0 Å². The maximum atomic E-state index is 11.3. The highest BCUT2D eigenvalue weighted by molar-refractivity contribution is 7.90. The molecule has 84 valence electrons. The van der Waals surface area contributed by atoms with E-state index >= 15 is 0 Å². The number of carbonyl (C=O) groups is 1. The van der Waals surface area contributed by atoms with Crippen molar-refractivity contribution in [1.29, 1.82) is 0 Å². The van der Waals surface area contributed by atoms with Crippen molar-refractivity contribution >= 4 is 16.0 Å². The van der Waals surface area contributed by atoms with E-state index in [0.717, 1.165) is 7.11 Å². The summed E-state index contributed by atoms with van der Waals surface area (Å²) >= 11 is 0. The van der Waals surface area contributed by atoms with Gasteiger partial charge >= 0.3 is 5.97 Å². The number of nitrogens with one attached hydrogen (secondary N) is 1. The van der Waals surface area contributed by atoms with Gasteiger partial charge in [0, 0.05) is 13.7 Å². The third-order valence-electron chi connectivity index (χ3n) is 1.61. The Morgan fingerprint density at radius 2 is 2.00 bits per heavy atom. The molecule has 0 fully saturated rings. The summed E-state index contributed by atoms with van der Waals surface area (Å²) in [6.45, 7) is 1.66. The Kier molecular flexibility index (Phi) is 5.66. The van der Waals surface area contributed by atoms with Gasteiger partial charge < -0.3 is 9.47 Å². The van der Waals surface area contributed by atoms with Gasteiger partial charge in [0.1, 0.15) is 0 Å². The van der Waals surface area contributed by atoms with Gasteiger partial charge in [0.15, 0.2) is 5.25 Å². The van der Waals surface area contributed by atoms with Crippen LogP contribution in [0, 0.1) is 0 Å². The standard InChI is InChI=1S/C7H15NO5S/c1-6(7(9)13-3)14(10,11)8-4-5-12-2/h6,8H,4-5H2,1-3H3. The van der Waals surface area contributed by atoms with E-state index in [-0.39, 0.29) is 13.2 Å². The molecule has 0 aliphatic rings. The van der Waals surface area contributed by atoms with Gasteiger partial charge in [-0.15, -0.1) is 0 Å². The Hall–Kier alpha value is -0.660. The molecule has 7 heteroatoms. The molecule has 0 aliphatic heterocycles. The van der Waals surface area contributed by atoms with Gasteiger partial charge in [-0.25, -0.2) is 13.1 Å². The van der Waals surface area contributed by atoms with Crippen molar-refractivity contribution in [3.63, 3.8) is 0 Å². The summed E-state index contributed by atoms with van der Waals surface area (Å²) < 4.78 is 33.9. The van der Waals surface area contributed by atoms with Crippen LogP contribution in [0.15, 0.2) is 0 Å². The first-order valence-corrected chi connectivity index (χ1v) is 5.55. The van der Waals surface area contributed by atoms with Crippen LogP contribution < -0.4 is 4.72 Å². The maximum absolute atomic E-state index is 11.3. The van der Waals surface area contributed by atoms with Gasteiger partial charge in [-0.2, -0.15) is 0 Å². The topological polar surface area (TPSA) is 81.7 Å². The molecule has 0 radical (unpaired) electrons. The first-order chi connectivity index (χ1) is 6.45. The van der Waals surface area contributed by atoms with Gasteiger partial charge in [-0.3, -0.25) is 4.79 Å². The van der Waals surface area contributed by atoms with Gasteiger partial charge in [0.2, 0.25) is 10.0 Å². The molecule has 0 bridgehead atoms. The van der Waals surface area contributed by atoms with Crippen molar-refractivity contribution in [1.82, 2.24) is 4.72 Å². The quantitative estimate of drug-likeness (QED) is 0.468. The summed E-state index contributed by atoms with van der Waals surface area (Å²) in [5.74, 6) is -0.782. The number of hydrogen-bond acceptors (Lipinski definition) is 5. The Labute approximate surface area is 83.6 Å². The van der Waals surface area contributed by atoms with Crippen LogP contribution in [-0.4, -0.2) is 47.0 Å². The molecule has 0 aromatic heterocycles. The zero-order chi connectivity index (χ0) is 11.2. The molecule has 0 saturated carbocycles. The molecule has 0 aromatic carbocycles. The summed E-state index contributed by atoms with van der Waals surface area (Å²) in [6.07, 6.45) is 0. The molecule has 0 spiro atoms. The van der Waals surface area contributed by atoms with E-state index in [0.29, 0.717) is 0 Å². The number of ether oxygens (including phenoxy) is 2. The minimum absolute atomic E-state index is 0.139. The molecular formula is C7H15NO5S. The van der Waals surface area contributed by atoms with E-state index in [1.807, 2.05) is 0 Å². The molecule has 1 atom stereocenters. The summed E-state index contributed by atoms with van der Waals surface area (Å²) in [7, 11) is -1.05. The first-order valence-electron chi connectivity index (χ1n) is 4.01. The molecule has 1 N–H and O–H groups in total. The third-order valence-corrected chi connectivity index (χ3v) is 3.34. The molecule has 0 heterocycles. The van der Waals surface area contributed by atoms with Gasteiger partial charge in [0.25, 0.3) is 0 Å². The van der Waals surface area contributed by atoms with Crippen LogP contribution >= 0.6 is 0 Å². The fourth-order valence-corrected chi connectivity index (χ4v) is 1.67. The Morgan fingerprint density at radius 1 is 1.43 bits per heavy atom. The predicted octanol–water partition coefficient (Wildman–Crippen LogP) is -0.886. The normalized spacial score (nSPS) is 13.6. The lowest BCUT2D eigenvalue weighted by Crippen LogP contribution is -2.39. The Bertz CT molecular complexity index is 274. The van der Waals surface area contributed by atoms with Crippen LogP contribution in [0.3, 0.4) is 0 Å². The van der Waals surface area contributed by atoms with Crippen LogP contribution in [0.25, 0.3) is 0 Å². The first kappa shape index (κ1) is 13.3. The van der Waals surface area contributed by atoms with Crippen molar-refractivity contribution in [3.05, 3.63) is 0 Å². The zero-order valence-corrected chi connectivity index (χ0v) is 9.26. The van der Waals surface area contributed by atoms with Gasteiger partial charge in [-0.05, 0) is 6.92 Å². The summed E-state index contributed by atoms with van der Waals surface area (Å²) in [5, 5.41) is -1.20. The predicted molar refractivity (Wildman–Crippen MR) is 50.3 cm³/mol. The fraction of sp³-hybridized carbons (Fsp3) is 0.857. The van der Waals surface area contributed by atoms with Crippen molar-refractivity contribution in [2.75, 3.05) is 27.4 Å². The maximum Gasteiger partial charge on any atom is 0.325 e. The molecule has 0 amide bonds. The minimum Gasteiger partial charge on any atom is -0.468 e. The van der Waals surface area contributed by atoms with Crippen LogP contribution in [0.4, 0.5) is 0 Å². The lowest BCUT2D eigenvalue weighted by atomic mass is 10.5. The van der Waals surface area contributed by atoms with Crippen molar-refractivity contribution in [2.45, 2.75) is 12.2 Å². The number of sulfonamides is 1. The number of rotatable bonds is 6. The molecule has 0 aliphatic carbocycles. The van der Waals surface area contributed by atoms with E-state index < -0.39 is 21.2 Å². The second kappa shape index (κ2) is 5.94. The van der Waals surface area contributed by atoms with Crippen LogP contribution in [0.1, 0.15) is 6.92 Å². The molecule has 6 nitrogen and oxygen atoms in total. The zero-order valence-electron chi connectivity index (χ0n) is 8.44. The minimum atomic E-state index is -3.65.